The van der Waals surface area contributed by atoms with Crippen LogP contribution in [0.2, 0.25) is 10.0 Å². The lowest BCUT2D eigenvalue weighted by atomic mass is 9.95. The molecule has 0 radical (unpaired) electrons. The van der Waals surface area contributed by atoms with E-state index in [0.717, 1.165) is 22.4 Å². The number of aromatic nitrogens is 1. The molecule has 7 N–H and O–H groups in total. The number of phenolic OH excluding ortho intramolecular Hbond substituents is 1. The first-order valence-electron chi connectivity index (χ1n) is 11.0. The van der Waals surface area contributed by atoms with Crippen LogP contribution in [0.3, 0.4) is 0 Å². The molecule has 0 saturated carbocycles. The predicted octanol–water partition coefficient (Wildman–Crippen LogP) is 4.48. The summed E-state index contributed by atoms with van der Waals surface area (Å²) in [5.74, 6) is -0.338. The second kappa shape index (κ2) is 10.9. The molecule has 1 aromatic heterocycles. The maximum atomic E-state index is 13.0. The Labute approximate surface area is 213 Å². The van der Waals surface area contributed by atoms with Gasteiger partial charge in [0.05, 0.1) is 17.6 Å². The van der Waals surface area contributed by atoms with Crippen LogP contribution in [0.5, 0.6) is 5.75 Å². The Balaban J connectivity index is 1.64. The number of amides is 1. The van der Waals surface area contributed by atoms with Crippen LogP contribution in [0.1, 0.15) is 28.3 Å². The summed E-state index contributed by atoms with van der Waals surface area (Å²) in [7, 11) is 0. The molecule has 1 heterocycles. The minimum Gasteiger partial charge on any atom is -0.505 e. The maximum absolute atomic E-state index is 13.0. The average Bonchev–Trinajstić information content (AvgIpc) is 2.89. The van der Waals surface area contributed by atoms with Crippen LogP contribution in [-0.4, -0.2) is 22.5 Å². The van der Waals surface area contributed by atoms with Crippen LogP contribution in [0.15, 0.2) is 66.9 Å². The number of benzene rings is 3. The van der Waals surface area contributed by atoms with Crippen LogP contribution >= 0.6 is 23.2 Å². The number of rotatable bonds is 8. The third kappa shape index (κ3) is 5.49. The number of anilines is 1. The number of nitrogens with one attached hydrogen (secondary N) is 2. The lowest BCUT2D eigenvalue weighted by Gasteiger charge is -2.22. The van der Waals surface area contributed by atoms with E-state index in [1.807, 2.05) is 24.3 Å². The van der Waals surface area contributed by atoms with E-state index in [-0.39, 0.29) is 24.7 Å². The normalized spacial score (nSPS) is 11.9. The lowest BCUT2D eigenvalue weighted by molar-refractivity contribution is -0.119. The number of halogens is 2. The van der Waals surface area contributed by atoms with Crippen molar-refractivity contribution >= 4 is 45.7 Å². The fourth-order valence-electron chi connectivity index (χ4n) is 3.85. The van der Waals surface area contributed by atoms with Gasteiger partial charge in [-0.25, -0.2) is 0 Å². The number of carbonyl (C=O) groups excluding carboxylic acids is 1. The summed E-state index contributed by atoms with van der Waals surface area (Å²) in [6.07, 6.45) is 1.58. The summed E-state index contributed by atoms with van der Waals surface area (Å²) in [6, 6.07) is 17.3. The van der Waals surface area contributed by atoms with E-state index in [1.54, 1.807) is 42.6 Å². The van der Waals surface area contributed by atoms with Gasteiger partial charge in [0.2, 0.25) is 5.91 Å². The second-order valence-corrected chi connectivity index (χ2v) is 8.82. The molecule has 1 amide bonds. The van der Waals surface area contributed by atoms with Gasteiger partial charge in [-0.2, -0.15) is 0 Å². The first-order chi connectivity index (χ1) is 16.9. The molecular weight excluding hydrogens is 485 g/mol. The highest BCUT2D eigenvalue weighted by Gasteiger charge is 2.23. The maximum Gasteiger partial charge on any atom is 0.240 e. The SMILES string of the molecule is NCc1ccc(C(NC(=O)CNc2ccc(Cl)c(CN)c2)c2cc(Cl)c3cccnc3c2O)cc1. The molecule has 0 aliphatic heterocycles. The fourth-order valence-corrected chi connectivity index (χ4v) is 4.31. The van der Waals surface area contributed by atoms with Crippen molar-refractivity contribution in [1.82, 2.24) is 10.3 Å². The lowest BCUT2D eigenvalue weighted by Crippen LogP contribution is -2.34. The highest BCUT2D eigenvalue weighted by Crippen LogP contribution is 2.38. The molecule has 35 heavy (non-hydrogen) atoms. The Kier molecular flexibility index (Phi) is 7.73. The Morgan fingerprint density at radius 3 is 2.49 bits per heavy atom. The molecule has 0 aliphatic carbocycles. The molecule has 0 aliphatic rings. The van der Waals surface area contributed by atoms with Crippen LogP contribution in [0.25, 0.3) is 10.9 Å². The van der Waals surface area contributed by atoms with Gasteiger partial charge in [0.1, 0.15) is 11.3 Å². The summed E-state index contributed by atoms with van der Waals surface area (Å²) in [5.41, 5.74) is 15.5. The standard InChI is InChI=1S/C26H25Cl2N5O2/c27-21-8-7-18(10-17(21)13-30)32-14-23(34)33-24(16-5-3-15(12-29)4-6-16)20-11-22(28)19-2-1-9-31-25(19)26(20)35/h1-11,24,32,35H,12-14,29-30H2,(H,33,34). The minimum atomic E-state index is -0.676. The Bertz CT molecular complexity index is 1360. The van der Waals surface area contributed by atoms with Gasteiger partial charge in [-0.3, -0.25) is 9.78 Å². The van der Waals surface area contributed by atoms with E-state index in [0.29, 0.717) is 33.1 Å². The Morgan fingerprint density at radius 2 is 1.77 bits per heavy atom. The molecule has 180 valence electrons. The summed E-state index contributed by atoms with van der Waals surface area (Å²) in [6.45, 7) is 0.672. The number of nitrogens with zero attached hydrogens (tertiary/aromatic N) is 1. The number of hydrogen-bond acceptors (Lipinski definition) is 6. The van der Waals surface area contributed by atoms with Crippen molar-refractivity contribution in [2.45, 2.75) is 19.1 Å². The van der Waals surface area contributed by atoms with E-state index >= 15 is 0 Å². The third-order valence-corrected chi connectivity index (χ3v) is 6.41. The average molecular weight is 510 g/mol. The predicted molar refractivity (Wildman–Crippen MR) is 141 cm³/mol. The third-order valence-electron chi connectivity index (χ3n) is 5.73. The molecule has 0 spiro atoms. The first kappa shape index (κ1) is 24.8. The molecule has 4 rings (SSSR count). The number of hydrogen-bond donors (Lipinski definition) is 5. The van der Waals surface area contributed by atoms with Crippen molar-refractivity contribution in [1.29, 1.82) is 0 Å². The summed E-state index contributed by atoms with van der Waals surface area (Å²) in [4.78, 5) is 17.3. The topological polar surface area (TPSA) is 126 Å². The quantitative estimate of drug-likeness (QED) is 0.238. The van der Waals surface area contributed by atoms with Crippen molar-refractivity contribution in [2.24, 2.45) is 11.5 Å². The zero-order valence-corrected chi connectivity index (χ0v) is 20.3. The Morgan fingerprint density at radius 1 is 1.00 bits per heavy atom. The molecule has 4 aromatic rings. The van der Waals surface area contributed by atoms with E-state index in [2.05, 4.69) is 15.6 Å². The van der Waals surface area contributed by atoms with Gasteiger partial charge in [-0.15, -0.1) is 0 Å². The number of carbonyl (C=O) groups is 1. The van der Waals surface area contributed by atoms with Gasteiger partial charge >= 0.3 is 0 Å². The highest BCUT2D eigenvalue weighted by atomic mass is 35.5. The van der Waals surface area contributed by atoms with Crippen LogP contribution in [-0.2, 0) is 17.9 Å². The van der Waals surface area contributed by atoms with E-state index in [9.17, 15) is 9.90 Å². The fraction of sp³-hybridized carbons (Fsp3) is 0.154. The summed E-state index contributed by atoms with van der Waals surface area (Å²) >= 11 is 12.6. The Hall–Kier alpha value is -3.36. The molecule has 7 nitrogen and oxygen atoms in total. The second-order valence-electron chi connectivity index (χ2n) is 8.01. The van der Waals surface area contributed by atoms with Gasteiger partial charge in [0.15, 0.2) is 0 Å². The molecule has 3 aromatic carbocycles. The molecule has 1 unspecified atom stereocenters. The largest absolute Gasteiger partial charge is 0.505 e. The van der Waals surface area contributed by atoms with Gasteiger partial charge in [0, 0.05) is 40.9 Å². The van der Waals surface area contributed by atoms with Crippen LogP contribution in [0.4, 0.5) is 5.69 Å². The van der Waals surface area contributed by atoms with Gasteiger partial charge in [-0.05, 0) is 53.1 Å². The number of fused-ring (bicyclic) bond motifs is 1. The van der Waals surface area contributed by atoms with Crippen molar-refractivity contribution < 1.29 is 9.90 Å². The molecular formula is C26H25Cl2N5O2. The monoisotopic (exact) mass is 509 g/mol. The van der Waals surface area contributed by atoms with Crippen LogP contribution < -0.4 is 22.1 Å². The van der Waals surface area contributed by atoms with Crippen molar-refractivity contribution in [2.75, 3.05) is 11.9 Å². The van der Waals surface area contributed by atoms with Crippen molar-refractivity contribution in [3.8, 4) is 5.75 Å². The smallest absolute Gasteiger partial charge is 0.240 e. The number of aromatic hydroxyl groups is 1. The van der Waals surface area contributed by atoms with Crippen molar-refractivity contribution in [3.05, 3.63) is 99.2 Å². The molecule has 0 saturated heterocycles. The van der Waals surface area contributed by atoms with Gasteiger partial charge < -0.3 is 27.2 Å². The number of phenols is 1. The number of pyridine rings is 1. The minimum absolute atomic E-state index is 0.0106. The first-order valence-corrected chi connectivity index (χ1v) is 11.7. The molecule has 9 heteroatoms. The van der Waals surface area contributed by atoms with Crippen molar-refractivity contribution in [3.63, 3.8) is 0 Å². The zero-order valence-electron chi connectivity index (χ0n) is 18.8. The van der Waals surface area contributed by atoms with Gasteiger partial charge in [0.25, 0.3) is 0 Å². The number of nitrogens with two attached hydrogens (primary N) is 2. The molecule has 0 bridgehead atoms. The van der Waals surface area contributed by atoms with E-state index in [4.69, 9.17) is 34.7 Å². The van der Waals surface area contributed by atoms with E-state index in [1.165, 1.54) is 0 Å². The van der Waals surface area contributed by atoms with E-state index < -0.39 is 6.04 Å². The van der Waals surface area contributed by atoms with Gasteiger partial charge in [-0.1, -0.05) is 47.5 Å². The van der Waals surface area contributed by atoms with Crippen LogP contribution in [0, 0.1) is 0 Å². The molecule has 0 fully saturated rings. The highest BCUT2D eigenvalue weighted by molar-refractivity contribution is 6.35. The summed E-state index contributed by atoms with van der Waals surface area (Å²) < 4.78 is 0. The zero-order chi connectivity index (χ0) is 24.9. The summed E-state index contributed by atoms with van der Waals surface area (Å²) in [5, 5.41) is 18.8. The molecule has 1 atom stereocenters.